The lowest BCUT2D eigenvalue weighted by Crippen LogP contribution is -2.46. The molecule has 0 aromatic carbocycles. The monoisotopic (exact) mass is 356 g/mol. The maximum absolute atomic E-state index is 12.3. The number of nitrogens with one attached hydrogen (secondary N) is 1. The van der Waals surface area contributed by atoms with E-state index in [9.17, 15) is 4.79 Å². The van der Waals surface area contributed by atoms with Crippen LogP contribution >= 0.6 is 11.8 Å². The largest absolute Gasteiger partial charge is 0.444 e. The van der Waals surface area contributed by atoms with Gasteiger partial charge >= 0.3 is 6.09 Å². The summed E-state index contributed by atoms with van der Waals surface area (Å²) in [6.07, 6.45) is 11.2. The number of carbonyl (C=O) groups is 1. The number of rotatable bonds is 5. The molecule has 140 valence electrons. The molecule has 1 unspecified atom stereocenters. The van der Waals surface area contributed by atoms with Gasteiger partial charge in [0, 0.05) is 24.4 Å². The molecule has 1 aliphatic heterocycles. The van der Waals surface area contributed by atoms with Gasteiger partial charge in [-0.15, -0.1) is 0 Å². The average Bonchev–Trinajstić information content (AvgIpc) is 2.54. The Bertz CT molecular complexity index is 403. The van der Waals surface area contributed by atoms with Crippen molar-refractivity contribution in [2.75, 3.05) is 32.4 Å². The van der Waals surface area contributed by atoms with E-state index in [1.54, 1.807) is 0 Å². The molecule has 24 heavy (non-hydrogen) atoms. The van der Waals surface area contributed by atoms with Crippen LogP contribution in [0.4, 0.5) is 4.79 Å². The minimum Gasteiger partial charge on any atom is -0.444 e. The van der Waals surface area contributed by atoms with Crippen LogP contribution in [0.25, 0.3) is 0 Å². The number of ether oxygens (including phenoxy) is 1. The second-order valence-corrected chi connectivity index (χ2v) is 9.79. The summed E-state index contributed by atoms with van der Waals surface area (Å²) in [6.45, 7) is 9.58. The molecule has 1 heterocycles. The highest BCUT2D eigenvalue weighted by molar-refractivity contribution is 8.00. The van der Waals surface area contributed by atoms with Crippen molar-refractivity contribution in [2.24, 2.45) is 5.92 Å². The molecule has 0 aromatic heterocycles. The number of thioether (sulfide) groups is 1. The molecule has 0 bridgehead atoms. The summed E-state index contributed by atoms with van der Waals surface area (Å²) < 4.78 is 5.96. The number of likely N-dealkylation sites (tertiary alicyclic amines) is 1. The van der Waals surface area contributed by atoms with Gasteiger partial charge in [-0.25, -0.2) is 4.79 Å². The van der Waals surface area contributed by atoms with Crippen molar-refractivity contribution in [1.29, 1.82) is 0 Å². The highest BCUT2D eigenvalue weighted by atomic mass is 32.2. The molecule has 2 fully saturated rings. The van der Waals surface area contributed by atoms with E-state index in [0.29, 0.717) is 10.7 Å². The third-order valence-electron chi connectivity index (χ3n) is 5.25. The maximum Gasteiger partial charge on any atom is 0.410 e. The quantitative estimate of drug-likeness (QED) is 0.798. The normalized spacial score (nSPS) is 24.7. The molecule has 1 amide bonds. The maximum atomic E-state index is 12.3. The first kappa shape index (κ1) is 19.9. The molecule has 2 rings (SSSR count). The third-order valence-corrected chi connectivity index (χ3v) is 6.67. The van der Waals surface area contributed by atoms with Crippen molar-refractivity contribution < 1.29 is 9.53 Å². The fourth-order valence-corrected chi connectivity index (χ4v) is 4.82. The lowest BCUT2D eigenvalue weighted by Gasteiger charge is -2.37. The van der Waals surface area contributed by atoms with Crippen molar-refractivity contribution >= 4 is 17.9 Å². The average molecular weight is 357 g/mol. The molecular formula is C19H36N2O2S. The van der Waals surface area contributed by atoms with E-state index in [2.05, 4.69) is 11.6 Å². The smallest absolute Gasteiger partial charge is 0.410 e. The van der Waals surface area contributed by atoms with Crippen molar-refractivity contribution in [1.82, 2.24) is 10.2 Å². The Labute approximate surface area is 152 Å². The highest BCUT2D eigenvalue weighted by Gasteiger charge is 2.32. The van der Waals surface area contributed by atoms with Gasteiger partial charge in [-0.3, -0.25) is 0 Å². The SMILES string of the molecule is CSC1(CNCC2CCCN(C(=O)OC(C)(C)C)C2)CCCCC1. The number of nitrogens with zero attached hydrogens (tertiary/aromatic N) is 1. The zero-order valence-electron chi connectivity index (χ0n) is 16.0. The molecule has 2 aliphatic rings. The van der Waals surface area contributed by atoms with Crippen LogP contribution in [0.15, 0.2) is 0 Å². The highest BCUT2D eigenvalue weighted by Crippen LogP contribution is 2.38. The topological polar surface area (TPSA) is 41.6 Å². The number of hydrogen-bond acceptors (Lipinski definition) is 4. The summed E-state index contributed by atoms with van der Waals surface area (Å²) in [6, 6.07) is 0. The first-order chi connectivity index (χ1) is 11.3. The number of hydrogen-bond donors (Lipinski definition) is 1. The third kappa shape index (κ3) is 6.14. The van der Waals surface area contributed by atoms with Crippen LogP contribution in [0.1, 0.15) is 65.7 Å². The van der Waals surface area contributed by atoms with E-state index in [1.165, 1.54) is 38.5 Å². The van der Waals surface area contributed by atoms with Crippen LogP contribution in [0.2, 0.25) is 0 Å². The Morgan fingerprint density at radius 3 is 2.58 bits per heavy atom. The summed E-state index contributed by atoms with van der Waals surface area (Å²) in [5.41, 5.74) is -0.409. The van der Waals surface area contributed by atoms with Crippen LogP contribution in [-0.4, -0.2) is 53.8 Å². The van der Waals surface area contributed by atoms with Gasteiger partial charge < -0.3 is 15.0 Å². The Kier molecular flexibility index (Phi) is 7.29. The molecule has 0 aromatic rings. The van der Waals surface area contributed by atoms with Crippen LogP contribution < -0.4 is 5.32 Å². The van der Waals surface area contributed by atoms with Crippen molar-refractivity contribution in [3.8, 4) is 0 Å². The first-order valence-corrected chi connectivity index (χ1v) is 10.8. The predicted octanol–water partition coefficient (Wildman–Crippen LogP) is 4.29. The van der Waals surface area contributed by atoms with Crippen molar-refractivity contribution in [3.63, 3.8) is 0 Å². The molecule has 1 atom stereocenters. The Morgan fingerprint density at radius 2 is 1.96 bits per heavy atom. The van der Waals surface area contributed by atoms with Crippen LogP contribution in [0.5, 0.6) is 0 Å². The van der Waals surface area contributed by atoms with Gasteiger partial charge in [0.25, 0.3) is 0 Å². The lowest BCUT2D eigenvalue weighted by atomic mass is 9.88. The zero-order chi connectivity index (χ0) is 17.6. The number of amides is 1. The van der Waals surface area contributed by atoms with Crippen molar-refractivity contribution in [3.05, 3.63) is 0 Å². The molecule has 0 spiro atoms. The molecule has 1 aliphatic carbocycles. The molecular weight excluding hydrogens is 320 g/mol. The first-order valence-electron chi connectivity index (χ1n) is 9.57. The summed E-state index contributed by atoms with van der Waals surface area (Å²) in [5.74, 6) is 0.550. The Morgan fingerprint density at radius 1 is 1.25 bits per heavy atom. The molecule has 1 saturated carbocycles. The molecule has 1 N–H and O–H groups in total. The van der Waals surface area contributed by atoms with Gasteiger partial charge in [0.05, 0.1) is 0 Å². The van der Waals surface area contributed by atoms with E-state index in [-0.39, 0.29) is 6.09 Å². The standard InChI is InChI=1S/C19H36N2O2S/c1-18(2,3)23-17(22)21-12-8-9-16(14-21)13-20-15-19(24-4)10-6-5-7-11-19/h16,20H,5-15H2,1-4H3. The van der Waals surface area contributed by atoms with Crippen LogP contribution in [-0.2, 0) is 4.74 Å². The van der Waals surface area contributed by atoms with Gasteiger partial charge in [0.2, 0.25) is 0 Å². The van der Waals surface area contributed by atoms with Gasteiger partial charge in [0.1, 0.15) is 5.60 Å². The Balaban J connectivity index is 1.75. The molecule has 0 radical (unpaired) electrons. The van der Waals surface area contributed by atoms with E-state index < -0.39 is 5.60 Å². The van der Waals surface area contributed by atoms with Gasteiger partial charge in [-0.05, 0) is 65.2 Å². The summed E-state index contributed by atoms with van der Waals surface area (Å²) in [4.78, 5) is 14.2. The zero-order valence-corrected chi connectivity index (χ0v) is 16.8. The second kappa shape index (κ2) is 8.79. The summed E-state index contributed by atoms with van der Waals surface area (Å²) in [5, 5.41) is 3.72. The van der Waals surface area contributed by atoms with E-state index in [1.807, 2.05) is 37.4 Å². The number of piperidine rings is 1. The van der Waals surface area contributed by atoms with E-state index in [0.717, 1.165) is 32.6 Å². The van der Waals surface area contributed by atoms with Crippen LogP contribution in [0, 0.1) is 5.92 Å². The fourth-order valence-electron chi connectivity index (χ4n) is 3.88. The van der Waals surface area contributed by atoms with Gasteiger partial charge in [-0.2, -0.15) is 11.8 Å². The molecule has 4 nitrogen and oxygen atoms in total. The second-order valence-electron chi connectivity index (χ2n) is 8.51. The van der Waals surface area contributed by atoms with Crippen LogP contribution in [0.3, 0.4) is 0 Å². The van der Waals surface area contributed by atoms with E-state index in [4.69, 9.17) is 4.74 Å². The lowest BCUT2D eigenvalue weighted by molar-refractivity contribution is 0.0166. The minimum atomic E-state index is -0.409. The van der Waals surface area contributed by atoms with E-state index >= 15 is 0 Å². The molecule has 5 heteroatoms. The Hall–Kier alpha value is -0.420. The number of carbonyl (C=O) groups excluding carboxylic acids is 1. The minimum absolute atomic E-state index is 0.153. The molecule has 1 saturated heterocycles. The summed E-state index contributed by atoms with van der Waals surface area (Å²) in [7, 11) is 0. The van der Waals surface area contributed by atoms with Gasteiger partial charge in [0.15, 0.2) is 0 Å². The van der Waals surface area contributed by atoms with Gasteiger partial charge in [-0.1, -0.05) is 19.3 Å². The fraction of sp³-hybridized carbons (Fsp3) is 0.947. The van der Waals surface area contributed by atoms with Crippen molar-refractivity contribution in [2.45, 2.75) is 76.1 Å². The summed E-state index contributed by atoms with van der Waals surface area (Å²) >= 11 is 2.04. The predicted molar refractivity (Wildman–Crippen MR) is 103 cm³/mol.